The summed E-state index contributed by atoms with van der Waals surface area (Å²) >= 11 is 0. The molecule has 3 heteroatoms. The Kier molecular flexibility index (Phi) is 5.84. The molecule has 4 aliphatic carbocycles. The van der Waals surface area contributed by atoms with Crippen molar-refractivity contribution < 1.29 is 15.3 Å². The molecule has 0 aromatic heterocycles. The lowest BCUT2D eigenvalue weighted by Crippen LogP contribution is -2.67. The van der Waals surface area contributed by atoms with Gasteiger partial charge in [-0.2, -0.15) is 0 Å². The summed E-state index contributed by atoms with van der Waals surface area (Å²) in [4.78, 5) is 0. The van der Waals surface area contributed by atoms with Gasteiger partial charge in [0.25, 0.3) is 0 Å². The van der Waals surface area contributed by atoms with Crippen molar-refractivity contribution in [1.29, 1.82) is 0 Å². The Morgan fingerprint density at radius 3 is 2.26 bits per heavy atom. The molecule has 0 unspecified atom stereocenters. The standard InChI is InChI=1S/C28H46O3/c1-18(2)19(3)7-8-20(4)22-9-10-23-25(22,5)13-12-24-26(6)14-11-21(29)17-27(26,30)15-16-28(23,24)31/h7-8,15-16,18-24,29-31H,9-14,17H2,1-6H3/b8-7+/t19-,20-,21+,22-,23-,24-,25-,26-,27-,28+/m1/s1. The van der Waals surface area contributed by atoms with E-state index in [-0.39, 0.29) is 22.7 Å². The highest BCUT2D eigenvalue weighted by Gasteiger charge is 2.68. The van der Waals surface area contributed by atoms with Crippen molar-refractivity contribution in [3.05, 3.63) is 24.3 Å². The molecule has 0 radical (unpaired) electrons. The van der Waals surface area contributed by atoms with Gasteiger partial charge in [0.2, 0.25) is 0 Å². The van der Waals surface area contributed by atoms with Crippen LogP contribution in [0.25, 0.3) is 0 Å². The fourth-order valence-corrected chi connectivity index (χ4v) is 8.33. The summed E-state index contributed by atoms with van der Waals surface area (Å²) in [7, 11) is 0. The van der Waals surface area contributed by atoms with Gasteiger partial charge in [-0.15, -0.1) is 0 Å². The predicted molar refractivity (Wildman–Crippen MR) is 126 cm³/mol. The number of aliphatic hydroxyl groups excluding tert-OH is 1. The van der Waals surface area contributed by atoms with E-state index in [4.69, 9.17) is 0 Å². The van der Waals surface area contributed by atoms with Crippen LogP contribution in [0.4, 0.5) is 0 Å². The van der Waals surface area contributed by atoms with E-state index >= 15 is 0 Å². The fourth-order valence-electron chi connectivity index (χ4n) is 8.33. The first-order valence-corrected chi connectivity index (χ1v) is 12.9. The molecular weight excluding hydrogens is 384 g/mol. The van der Waals surface area contributed by atoms with Gasteiger partial charge in [0, 0.05) is 17.8 Å². The Morgan fingerprint density at radius 2 is 1.58 bits per heavy atom. The summed E-state index contributed by atoms with van der Waals surface area (Å²) in [6, 6.07) is 0. The minimum absolute atomic E-state index is 0.0612. The van der Waals surface area contributed by atoms with E-state index in [2.05, 4.69) is 53.7 Å². The van der Waals surface area contributed by atoms with Crippen molar-refractivity contribution in [1.82, 2.24) is 0 Å². The molecule has 3 N–H and O–H groups in total. The number of hydrogen-bond donors (Lipinski definition) is 3. The monoisotopic (exact) mass is 430 g/mol. The third-order valence-corrected chi connectivity index (χ3v) is 10.8. The maximum absolute atomic E-state index is 12.2. The van der Waals surface area contributed by atoms with Crippen LogP contribution in [0.5, 0.6) is 0 Å². The van der Waals surface area contributed by atoms with Crippen molar-refractivity contribution >= 4 is 0 Å². The van der Waals surface area contributed by atoms with Crippen LogP contribution in [0.3, 0.4) is 0 Å². The van der Waals surface area contributed by atoms with Gasteiger partial charge in [0.15, 0.2) is 0 Å². The summed E-state index contributed by atoms with van der Waals surface area (Å²) in [5.74, 6) is 2.66. The summed E-state index contributed by atoms with van der Waals surface area (Å²) in [5.41, 5.74) is -2.09. The van der Waals surface area contributed by atoms with Gasteiger partial charge >= 0.3 is 0 Å². The van der Waals surface area contributed by atoms with E-state index in [1.54, 1.807) is 0 Å². The molecule has 0 bridgehead atoms. The van der Waals surface area contributed by atoms with Crippen molar-refractivity contribution in [2.45, 2.75) is 104 Å². The van der Waals surface area contributed by atoms with Crippen molar-refractivity contribution in [2.24, 2.45) is 46.3 Å². The van der Waals surface area contributed by atoms with Crippen molar-refractivity contribution in [3.8, 4) is 0 Å². The molecule has 176 valence electrons. The van der Waals surface area contributed by atoms with Gasteiger partial charge in [-0.05, 0) is 73.5 Å². The molecule has 4 aliphatic rings. The van der Waals surface area contributed by atoms with Gasteiger partial charge in [0.1, 0.15) is 0 Å². The number of aliphatic hydroxyl groups is 3. The molecule has 4 rings (SSSR count). The Hall–Kier alpha value is -0.640. The van der Waals surface area contributed by atoms with Crippen LogP contribution in [-0.2, 0) is 0 Å². The second kappa shape index (κ2) is 7.71. The third kappa shape index (κ3) is 3.40. The van der Waals surface area contributed by atoms with Crippen LogP contribution in [0.1, 0.15) is 86.5 Å². The number of rotatable bonds is 4. The fraction of sp³-hybridized carbons (Fsp3) is 0.857. The average molecular weight is 431 g/mol. The van der Waals surface area contributed by atoms with E-state index < -0.39 is 17.3 Å². The Balaban J connectivity index is 1.62. The lowest BCUT2D eigenvalue weighted by atomic mass is 9.43. The largest absolute Gasteiger partial charge is 0.393 e. The molecular formula is C28H46O3. The molecule has 0 amide bonds. The van der Waals surface area contributed by atoms with Crippen LogP contribution < -0.4 is 0 Å². The van der Waals surface area contributed by atoms with E-state index in [9.17, 15) is 15.3 Å². The van der Waals surface area contributed by atoms with Crippen molar-refractivity contribution in [3.63, 3.8) is 0 Å². The average Bonchev–Trinajstić information content (AvgIpc) is 3.05. The van der Waals surface area contributed by atoms with E-state index in [1.807, 2.05) is 12.2 Å². The quantitative estimate of drug-likeness (QED) is 0.516. The van der Waals surface area contributed by atoms with Crippen LogP contribution in [0, 0.1) is 46.3 Å². The lowest BCUT2D eigenvalue weighted by molar-refractivity contribution is -0.220. The van der Waals surface area contributed by atoms with E-state index in [0.29, 0.717) is 30.1 Å². The van der Waals surface area contributed by atoms with E-state index in [0.717, 1.165) is 32.1 Å². The molecule has 0 heterocycles. The summed E-state index contributed by atoms with van der Waals surface area (Å²) in [5, 5.41) is 34.0. The normalized spacial score (nSPS) is 51.4. The maximum Gasteiger partial charge on any atom is 0.0910 e. The van der Waals surface area contributed by atoms with Gasteiger partial charge in [-0.1, -0.05) is 65.8 Å². The predicted octanol–water partition coefficient (Wildman–Crippen LogP) is 5.50. The highest BCUT2D eigenvalue weighted by Crippen LogP contribution is 2.68. The summed E-state index contributed by atoms with van der Waals surface area (Å²) in [6.07, 6.45) is 14.4. The van der Waals surface area contributed by atoms with E-state index in [1.165, 1.54) is 6.42 Å². The molecule has 31 heavy (non-hydrogen) atoms. The zero-order valence-corrected chi connectivity index (χ0v) is 20.6. The highest BCUT2D eigenvalue weighted by molar-refractivity contribution is 5.31. The molecule has 3 fully saturated rings. The van der Waals surface area contributed by atoms with Crippen LogP contribution in [0.15, 0.2) is 24.3 Å². The second-order valence-electron chi connectivity index (χ2n) is 12.6. The first-order valence-electron chi connectivity index (χ1n) is 12.9. The van der Waals surface area contributed by atoms with Gasteiger partial charge in [-0.25, -0.2) is 0 Å². The first kappa shape index (κ1) is 23.5. The Labute approximate surface area is 190 Å². The highest BCUT2D eigenvalue weighted by atomic mass is 16.3. The minimum atomic E-state index is -1.00. The zero-order chi connectivity index (χ0) is 22.8. The molecule has 10 atom stereocenters. The molecule has 0 saturated heterocycles. The lowest BCUT2D eigenvalue weighted by Gasteiger charge is -2.64. The Bertz CT molecular complexity index is 743. The number of allylic oxidation sites excluding steroid dienone is 2. The van der Waals surface area contributed by atoms with Gasteiger partial charge in [0.05, 0.1) is 17.3 Å². The minimum Gasteiger partial charge on any atom is -0.393 e. The summed E-state index contributed by atoms with van der Waals surface area (Å²) in [6.45, 7) is 13.8. The maximum atomic E-state index is 12.2. The van der Waals surface area contributed by atoms with Crippen molar-refractivity contribution in [2.75, 3.05) is 0 Å². The van der Waals surface area contributed by atoms with Crippen LogP contribution in [0.2, 0.25) is 0 Å². The molecule has 0 aliphatic heterocycles. The van der Waals surface area contributed by atoms with Crippen LogP contribution in [-0.4, -0.2) is 32.6 Å². The SMILES string of the molecule is CC(C)[C@H](C)/C=C/[C@@H](C)[C@H]1CC[C@H]2[C@@]3(O)C=C[C@@]4(O)C[C@@H](O)CC[C@]4(C)[C@H]3CC[C@]12C. The zero-order valence-electron chi connectivity index (χ0n) is 20.6. The third-order valence-electron chi connectivity index (χ3n) is 10.8. The van der Waals surface area contributed by atoms with Gasteiger partial charge in [-0.3, -0.25) is 0 Å². The molecule has 0 spiro atoms. The number of fused-ring (bicyclic) bond motifs is 5. The molecule has 0 aromatic carbocycles. The molecule has 3 saturated carbocycles. The second-order valence-corrected chi connectivity index (χ2v) is 12.6. The molecule has 3 nitrogen and oxygen atoms in total. The summed E-state index contributed by atoms with van der Waals surface area (Å²) < 4.78 is 0. The smallest absolute Gasteiger partial charge is 0.0910 e. The first-order chi connectivity index (χ1) is 14.4. The number of hydrogen-bond acceptors (Lipinski definition) is 3. The topological polar surface area (TPSA) is 60.7 Å². The van der Waals surface area contributed by atoms with Gasteiger partial charge < -0.3 is 15.3 Å². The Morgan fingerprint density at radius 1 is 0.871 bits per heavy atom. The molecule has 0 aromatic rings. The van der Waals surface area contributed by atoms with Crippen LogP contribution >= 0.6 is 0 Å².